The fraction of sp³-hybridized carbons (Fsp3) is 0.167. The molecule has 1 aromatic carbocycles. The Bertz CT molecular complexity index is 725. The summed E-state index contributed by atoms with van der Waals surface area (Å²) < 4.78 is 42.3. The van der Waals surface area contributed by atoms with E-state index in [2.05, 4.69) is 5.32 Å². The number of benzene rings is 1. The fourth-order valence-electron chi connectivity index (χ4n) is 1.82. The van der Waals surface area contributed by atoms with Crippen LogP contribution in [0.1, 0.15) is 0 Å². The van der Waals surface area contributed by atoms with Crippen molar-refractivity contribution in [3.8, 4) is 11.5 Å². The van der Waals surface area contributed by atoms with Gasteiger partial charge in [-0.3, -0.25) is 4.55 Å². The molecule has 2 heterocycles. The second-order valence-corrected chi connectivity index (χ2v) is 6.33. The lowest BCUT2D eigenvalue weighted by atomic mass is 10.3. The summed E-state index contributed by atoms with van der Waals surface area (Å²) in [6.07, 6.45) is -0.422. The zero-order valence-corrected chi connectivity index (χ0v) is 11.8. The molecule has 0 radical (unpaired) electrons. The normalized spacial score (nSPS) is 17.8. The number of anilines is 1. The van der Waals surface area contributed by atoms with Crippen LogP contribution in [0.15, 0.2) is 39.9 Å². The Morgan fingerprint density at radius 3 is 2.90 bits per heavy atom. The fourth-order valence-corrected chi connectivity index (χ4v) is 3.02. The maximum Gasteiger partial charge on any atom is 0.294 e. The number of ether oxygens (including phenoxy) is 2. The summed E-state index contributed by atoms with van der Waals surface area (Å²) in [5.74, 6) is 1.37. The zero-order valence-electron chi connectivity index (χ0n) is 10.1. The predicted molar refractivity (Wildman–Crippen MR) is 74.1 cm³/mol. The molecule has 0 aliphatic carbocycles. The molecule has 1 aromatic heterocycles. The molecule has 0 bridgehead atoms. The van der Waals surface area contributed by atoms with E-state index in [1.54, 1.807) is 6.07 Å². The third kappa shape index (κ3) is 2.72. The molecule has 1 aliphatic heterocycles. The Morgan fingerprint density at radius 2 is 2.10 bits per heavy atom. The predicted octanol–water partition coefficient (Wildman–Crippen LogP) is 2.20. The van der Waals surface area contributed by atoms with Crippen LogP contribution >= 0.6 is 11.3 Å². The first-order valence-electron chi connectivity index (χ1n) is 5.72. The summed E-state index contributed by atoms with van der Waals surface area (Å²) in [6, 6.07) is 5.86. The molecular weight excluding hydrogens is 302 g/mol. The third-order valence-electron chi connectivity index (χ3n) is 2.71. The van der Waals surface area contributed by atoms with Crippen molar-refractivity contribution in [2.75, 3.05) is 11.9 Å². The molecule has 2 aromatic rings. The van der Waals surface area contributed by atoms with Crippen LogP contribution in [0.25, 0.3) is 0 Å². The summed E-state index contributed by atoms with van der Waals surface area (Å²) in [6.45, 7) is 0.305. The molecule has 0 saturated carbocycles. The van der Waals surface area contributed by atoms with E-state index >= 15 is 0 Å². The van der Waals surface area contributed by atoms with Gasteiger partial charge in [0.25, 0.3) is 10.1 Å². The Morgan fingerprint density at radius 1 is 1.30 bits per heavy atom. The van der Waals surface area contributed by atoms with Crippen molar-refractivity contribution in [3.63, 3.8) is 0 Å². The molecule has 0 spiro atoms. The van der Waals surface area contributed by atoms with Gasteiger partial charge in [-0.25, -0.2) is 0 Å². The minimum atomic E-state index is -4.22. The number of nitrogens with one attached hydrogen (secondary N) is 1. The Hall–Kier alpha value is -1.77. The van der Waals surface area contributed by atoms with Gasteiger partial charge in [0, 0.05) is 16.4 Å². The second-order valence-electron chi connectivity index (χ2n) is 4.17. The van der Waals surface area contributed by atoms with E-state index < -0.39 is 16.3 Å². The minimum absolute atomic E-state index is 0.171. The molecule has 0 saturated heterocycles. The van der Waals surface area contributed by atoms with Crippen LogP contribution in [0.2, 0.25) is 0 Å². The lowest BCUT2D eigenvalue weighted by molar-refractivity contribution is 0.111. The van der Waals surface area contributed by atoms with E-state index in [4.69, 9.17) is 14.0 Å². The van der Waals surface area contributed by atoms with E-state index in [0.717, 1.165) is 0 Å². The number of hydrogen-bond donors (Lipinski definition) is 2. The molecule has 8 heteroatoms. The molecule has 0 fully saturated rings. The van der Waals surface area contributed by atoms with Gasteiger partial charge in [0.2, 0.25) is 6.23 Å². The maximum atomic E-state index is 11.1. The molecule has 3 rings (SSSR count). The Kier molecular flexibility index (Phi) is 3.28. The van der Waals surface area contributed by atoms with Crippen LogP contribution in [-0.2, 0) is 10.1 Å². The van der Waals surface area contributed by atoms with Crippen molar-refractivity contribution in [3.05, 3.63) is 35.0 Å². The molecule has 1 atom stereocenters. The van der Waals surface area contributed by atoms with Crippen molar-refractivity contribution < 1.29 is 22.4 Å². The highest BCUT2D eigenvalue weighted by atomic mass is 32.2. The van der Waals surface area contributed by atoms with Crippen LogP contribution in [0.3, 0.4) is 0 Å². The summed E-state index contributed by atoms with van der Waals surface area (Å²) >= 11 is 1.48. The van der Waals surface area contributed by atoms with Crippen LogP contribution in [-0.4, -0.2) is 25.8 Å². The smallest absolute Gasteiger partial charge is 0.294 e. The van der Waals surface area contributed by atoms with E-state index in [-0.39, 0.29) is 4.90 Å². The average Bonchev–Trinajstić information content (AvgIpc) is 2.85. The van der Waals surface area contributed by atoms with Crippen molar-refractivity contribution in [2.45, 2.75) is 11.1 Å². The van der Waals surface area contributed by atoms with Gasteiger partial charge in [-0.1, -0.05) is 6.07 Å². The summed E-state index contributed by atoms with van der Waals surface area (Å²) in [5.41, 5.74) is 0.521. The Balaban J connectivity index is 1.76. The first kappa shape index (κ1) is 13.2. The van der Waals surface area contributed by atoms with Crippen LogP contribution < -0.4 is 14.8 Å². The van der Waals surface area contributed by atoms with Gasteiger partial charge in [0.05, 0.1) is 4.90 Å². The van der Waals surface area contributed by atoms with Crippen molar-refractivity contribution >= 4 is 27.1 Å². The van der Waals surface area contributed by atoms with Gasteiger partial charge in [-0.2, -0.15) is 8.42 Å². The zero-order chi connectivity index (χ0) is 14.2. The van der Waals surface area contributed by atoms with Gasteiger partial charge in [-0.05, 0) is 18.2 Å². The summed E-state index contributed by atoms with van der Waals surface area (Å²) in [5, 5.41) is 6.69. The quantitative estimate of drug-likeness (QED) is 0.845. The molecule has 0 amide bonds. The van der Waals surface area contributed by atoms with E-state index in [9.17, 15) is 8.42 Å². The molecule has 106 valence electrons. The molecular formula is C12H11NO5S2. The molecule has 20 heavy (non-hydrogen) atoms. The maximum absolute atomic E-state index is 11.1. The van der Waals surface area contributed by atoms with Crippen molar-refractivity contribution in [2.24, 2.45) is 0 Å². The lowest BCUT2D eigenvalue weighted by Gasteiger charge is -2.25. The highest BCUT2D eigenvalue weighted by Crippen LogP contribution is 2.35. The standard InChI is InChI=1S/C12H11NO5S2/c14-20(15,16)9-3-1-2-8(4-9)13-12-5-17-10-6-19-7-11(10)18-12/h1-4,6-7,12-13H,5H2,(H,14,15,16). The van der Waals surface area contributed by atoms with Crippen LogP contribution in [0.5, 0.6) is 11.5 Å². The average molecular weight is 313 g/mol. The Labute approximate surface area is 119 Å². The molecule has 2 N–H and O–H groups in total. The first-order chi connectivity index (χ1) is 9.52. The third-order valence-corrected chi connectivity index (χ3v) is 4.26. The van der Waals surface area contributed by atoms with Crippen molar-refractivity contribution in [1.82, 2.24) is 0 Å². The van der Waals surface area contributed by atoms with Gasteiger partial charge >= 0.3 is 0 Å². The summed E-state index contributed by atoms with van der Waals surface area (Å²) in [7, 11) is -4.22. The van der Waals surface area contributed by atoms with Gasteiger partial charge in [0.1, 0.15) is 6.61 Å². The topological polar surface area (TPSA) is 84.9 Å². The van der Waals surface area contributed by atoms with E-state index in [1.807, 2.05) is 10.8 Å². The molecule has 1 unspecified atom stereocenters. The lowest BCUT2D eigenvalue weighted by Crippen LogP contribution is -2.35. The van der Waals surface area contributed by atoms with Crippen LogP contribution in [0, 0.1) is 0 Å². The number of fused-ring (bicyclic) bond motifs is 1. The SMILES string of the molecule is O=S(=O)(O)c1cccc(NC2COc3cscc3O2)c1. The molecule has 1 aliphatic rings. The summed E-state index contributed by atoms with van der Waals surface area (Å²) in [4.78, 5) is -0.171. The van der Waals surface area contributed by atoms with Gasteiger partial charge in [-0.15, -0.1) is 11.3 Å². The highest BCUT2D eigenvalue weighted by Gasteiger charge is 2.21. The molecule has 6 nitrogen and oxygen atoms in total. The van der Waals surface area contributed by atoms with Crippen molar-refractivity contribution in [1.29, 1.82) is 0 Å². The number of rotatable bonds is 3. The van der Waals surface area contributed by atoms with E-state index in [0.29, 0.717) is 23.8 Å². The van der Waals surface area contributed by atoms with Gasteiger partial charge < -0.3 is 14.8 Å². The van der Waals surface area contributed by atoms with E-state index in [1.165, 1.54) is 29.5 Å². The number of thiophene rings is 1. The van der Waals surface area contributed by atoms with Crippen LogP contribution in [0.4, 0.5) is 5.69 Å². The minimum Gasteiger partial charge on any atom is -0.483 e. The van der Waals surface area contributed by atoms with Gasteiger partial charge in [0.15, 0.2) is 11.5 Å². The monoisotopic (exact) mass is 313 g/mol. The highest BCUT2D eigenvalue weighted by molar-refractivity contribution is 7.85. The second kappa shape index (κ2) is 4.97. The first-order valence-corrected chi connectivity index (χ1v) is 8.10. The largest absolute Gasteiger partial charge is 0.483 e. The number of hydrogen-bond acceptors (Lipinski definition) is 6.